The number of methoxy groups -OCH3 is 1. The summed E-state index contributed by atoms with van der Waals surface area (Å²) in [6.07, 6.45) is 7.27. The minimum atomic E-state index is 0.0989. The lowest BCUT2D eigenvalue weighted by Gasteiger charge is -2.40. The van der Waals surface area contributed by atoms with Crippen LogP contribution in [0.15, 0.2) is 42.7 Å². The van der Waals surface area contributed by atoms with Crippen LogP contribution in [-0.4, -0.2) is 80.0 Å². The van der Waals surface area contributed by atoms with Gasteiger partial charge in [-0.1, -0.05) is 6.42 Å². The van der Waals surface area contributed by atoms with Gasteiger partial charge in [-0.15, -0.1) is 0 Å². The summed E-state index contributed by atoms with van der Waals surface area (Å²) in [5.74, 6) is 3.02. The Morgan fingerprint density at radius 1 is 1.07 bits per heavy atom. The normalized spacial score (nSPS) is 18.1. The molecule has 0 spiro atoms. The molecule has 2 aromatic carbocycles. The summed E-state index contributed by atoms with van der Waals surface area (Å²) in [6.45, 7) is 8.45. The van der Waals surface area contributed by atoms with Gasteiger partial charge in [-0.2, -0.15) is 0 Å². The van der Waals surface area contributed by atoms with E-state index in [-0.39, 0.29) is 6.10 Å². The van der Waals surface area contributed by atoms with E-state index >= 15 is 0 Å². The summed E-state index contributed by atoms with van der Waals surface area (Å²) in [7, 11) is 1.66. The molecule has 1 unspecified atom stereocenters. The average molecular weight is 549 g/mol. The van der Waals surface area contributed by atoms with Gasteiger partial charge in [0.15, 0.2) is 11.5 Å². The van der Waals surface area contributed by atoms with Crippen LogP contribution in [0.4, 0.5) is 11.5 Å². The highest BCUT2D eigenvalue weighted by molar-refractivity contribution is 5.92. The SMILES string of the molecule is COc1cc2c(N3CCN(N(C=O)c4ccc(OC(C)C)cc4)CC3)ncnc2cc1OCCC1CCCCN1. The molecule has 40 heavy (non-hydrogen) atoms. The molecule has 10 nitrogen and oxygen atoms in total. The summed E-state index contributed by atoms with van der Waals surface area (Å²) in [4.78, 5) is 23.5. The lowest BCUT2D eigenvalue weighted by molar-refractivity contribution is -0.110. The molecule has 0 aliphatic carbocycles. The van der Waals surface area contributed by atoms with E-state index in [0.29, 0.717) is 50.3 Å². The molecule has 2 fully saturated rings. The van der Waals surface area contributed by atoms with Crippen LogP contribution in [0.1, 0.15) is 39.5 Å². The molecule has 0 bridgehead atoms. The maximum absolute atomic E-state index is 12.1. The van der Waals surface area contributed by atoms with Gasteiger partial charge in [-0.25, -0.2) is 20.0 Å². The van der Waals surface area contributed by atoms with Crippen molar-refractivity contribution >= 4 is 28.8 Å². The number of fused-ring (bicyclic) bond motifs is 1. The summed E-state index contributed by atoms with van der Waals surface area (Å²) in [5.41, 5.74) is 1.63. The number of carbonyl (C=O) groups is 1. The molecule has 1 amide bonds. The van der Waals surface area contributed by atoms with Crippen molar-refractivity contribution in [2.24, 2.45) is 0 Å². The van der Waals surface area contributed by atoms with E-state index in [1.165, 1.54) is 19.3 Å². The Morgan fingerprint density at radius 3 is 2.55 bits per heavy atom. The van der Waals surface area contributed by atoms with Gasteiger partial charge in [0, 0.05) is 43.7 Å². The van der Waals surface area contributed by atoms with Gasteiger partial charge in [0.05, 0.1) is 31.0 Å². The van der Waals surface area contributed by atoms with Crippen LogP contribution < -0.4 is 29.4 Å². The van der Waals surface area contributed by atoms with Crippen LogP contribution in [0.25, 0.3) is 10.9 Å². The smallest absolute Gasteiger partial charge is 0.228 e. The zero-order valence-electron chi connectivity index (χ0n) is 23.7. The molecular weight excluding hydrogens is 508 g/mol. The van der Waals surface area contributed by atoms with Gasteiger partial charge in [0.25, 0.3) is 0 Å². The third-order valence-electron chi connectivity index (χ3n) is 7.47. The fourth-order valence-corrected chi connectivity index (χ4v) is 5.42. The van der Waals surface area contributed by atoms with Crippen LogP contribution in [0, 0.1) is 0 Å². The number of hydrogen-bond acceptors (Lipinski definition) is 9. The largest absolute Gasteiger partial charge is 0.493 e. The molecule has 10 heteroatoms. The molecule has 214 valence electrons. The molecule has 1 atom stereocenters. The first kappa shape index (κ1) is 27.9. The van der Waals surface area contributed by atoms with E-state index in [2.05, 4.69) is 25.2 Å². The molecular formula is C30H40N6O4. The molecule has 2 aliphatic heterocycles. The predicted octanol–water partition coefficient (Wildman–Crippen LogP) is 4.04. The number of aromatic nitrogens is 2. The first-order chi connectivity index (χ1) is 19.6. The minimum Gasteiger partial charge on any atom is -0.493 e. The number of piperazine rings is 1. The number of nitrogens with one attached hydrogen (secondary N) is 1. The Bertz CT molecular complexity index is 1260. The van der Waals surface area contributed by atoms with Crippen LogP contribution in [-0.2, 0) is 4.79 Å². The number of nitrogens with zero attached hydrogens (tertiary/aromatic N) is 5. The zero-order chi connectivity index (χ0) is 27.9. The third-order valence-corrected chi connectivity index (χ3v) is 7.47. The average Bonchev–Trinajstić information content (AvgIpc) is 2.98. The van der Waals surface area contributed by atoms with Crippen LogP contribution in [0.2, 0.25) is 0 Å². The Kier molecular flexibility index (Phi) is 9.18. The Balaban J connectivity index is 1.25. The molecule has 0 radical (unpaired) electrons. The molecule has 2 saturated heterocycles. The monoisotopic (exact) mass is 548 g/mol. The third kappa shape index (κ3) is 6.56. The first-order valence-corrected chi connectivity index (χ1v) is 14.3. The first-order valence-electron chi connectivity index (χ1n) is 14.3. The van der Waals surface area contributed by atoms with Gasteiger partial charge in [0.1, 0.15) is 17.9 Å². The fraction of sp³-hybridized carbons (Fsp3) is 0.500. The van der Waals surface area contributed by atoms with Crippen molar-refractivity contribution in [3.8, 4) is 17.2 Å². The number of hydrazine groups is 1. The maximum Gasteiger partial charge on any atom is 0.228 e. The molecule has 1 aromatic heterocycles. The predicted molar refractivity (Wildman–Crippen MR) is 156 cm³/mol. The van der Waals surface area contributed by atoms with Gasteiger partial charge in [-0.05, 0) is 70.0 Å². The van der Waals surface area contributed by atoms with Crippen LogP contribution >= 0.6 is 0 Å². The van der Waals surface area contributed by atoms with E-state index < -0.39 is 0 Å². The van der Waals surface area contributed by atoms with Crippen molar-refractivity contribution in [2.75, 3.05) is 56.3 Å². The van der Waals surface area contributed by atoms with Crippen molar-refractivity contribution in [3.63, 3.8) is 0 Å². The van der Waals surface area contributed by atoms with Crippen LogP contribution in [0.5, 0.6) is 17.2 Å². The van der Waals surface area contributed by atoms with Crippen molar-refractivity contribution in [1.82, 2.24) is 20.3 Å². The van der Waals surface area contributed by atoms with Gasteiger partial charge in [0.2, 0.25) is 6.41 Å². The van der Waals surface area contributed by atoms with Crippen LogP contribution in [0.3, 0.4) is 0 Å². The summed E-state index contributed by atoms with van der Waals surface area (Å²) >= 11 is 0. The van der Waals surface area contributed by atoms with Gasteiger partial charge in [-0.3, -0.25) is 4.79 Å². The maximum atomic E-state index is 12.1. The number of benzene rings is 2. The van der Waals surface area contributed by atoms with Crippen molar-refractivity contribution in [1.29, 1.82) is 0 Å². The highest BCUT2D eigenvalue weighted by Crippen LogP contribution is 2.35. The summed E-state index contributed by atoms with van der Waals surface area (Å²) in [5, 5.41) is 8.21. The molecule has 2 aliphatic rings. The molecule has 5 rings (SSSR count). The van der Waals surface area contributed by atoms with E-state index in [4.69, 9.17) is 14.2 Å². The number of anilines is 2. The standard InChI is InChI=1S/C30H40N6O4/c1-22(2)40-25-9-7-24(8-10-25)36(21-37)35-15-13-34(14-16-35)30-26-18-28(38-3)29(19-27(26)32-20-33-30)39-17-11-23-6-4-5-12-31-23/h7-10,18-23,31H,4-6,11-17H2,1-3H3. The quantitative estimate of drug-likeness (QED) is 0.357. The fourth-order valence-electron chi connectivity index (χ4n) is 5.42. The molecule has 3 aromatic rings. The molecule has 1 N–H and O–H groups in total. The second-order valence-corrected chi connectivity index (χ2v) is 10.6. The Hall–Kier alpha value is -3.63. The molecule has 3 heterocycles. The number of carbonyl (C=O) groups excluding carboxylic acids is 1. The van der Waals surface area contributed by atoms with E-state index in [9.17, 15) is 4.79 Å². The van der Waals surface area contributed by atoms with E-state index in [1.807, 2.05) is 50.2 Å². The number of ether oxygens (including phenoxy) is 3. The highest BCUT2D eigenvalue weighted by atomic mass is 16.5. The number of piperidine rings is 1. The van der Waals surface area contributed by atoms with Gasteiger partial charge >= 0.3 is 0 Å². The lowest BCUT2D eigenvalue weighted by Crippen LogP contribution is -2.54. The topological polar surface area (TPSA) is 92.3 Å². The van der Waals surface area contributed by atoms with Gasteiger partial charge < -0.3 is 24.4 Å². The lowest BCUT2D eigenvalue weighted by atomic mass is 10.0. The number of hydrogen-bond donors (Lipinski definition) is 1. The number of rotatable bonds is 11. The second-order valence-electron chi connectivity index (χ2n) is 10.6. The summed E-state index contributed by atoms with van der Waals surface area (Å²) in [6, 6.07) is 12.1. The number of amides is 1. The van der Waals surface area contributed by atoms with Crippen molar-refractivity contribution in [3.05, 3.63) is 42.7 Å². The van der Waals surface area contributed by atoms with Crippen molar-refractivity contribution < 1.29 is 19.0 Å². The summed E-state index contributed by atoms with van der Waals surface area (Å²) < 4.78 is 17.6. The second kappa shape index (κ2) is 13.1. The Labute approximate surface area is 236 Å². The van der Waals surface area contributed by atoms with E-state index in [1.54, 1.807) is 18.4 Å². The Morgan fingerprint density at radius 2 is 1.88 bits per heavy atom. The van der Waals surface area contributed by atoms with Crippen molar-refractivity contribution in [2.45, 2.75) is 51.7 Å². The van der Waals surface area contributed by atoms with E-state index in [0.717, 1.165) is 47.5 Å². The highest BCUT2D eigenvalue weighted by Gasteiger charge is 2.25. The molecule has 0 saturated carbocycles. The zero-order valence-corrected chi connectivity index (χ0v) is 23.7. The minimum absolute atomic E-state index is 0.0989.